The zero-order chi connectivity index (χ0) is 17.5. The Bertz CT molecular complexity index is 677. The van der Waals surface area contributed by atoms with Crippen molar-refractivity contribution in [2.75, 3.05) is 7.05 Å². The Hall–Kier alpha value is -0.930. The van der Waals surface area contributed by atoms with E-state index in [9.17, 15) is 21.6 Å². The Kier molecular flexibility index (Phi) is 4.78. The van der Waals surface area contributed by atoms with Gasteiger partial charge in [-0.2, -0.15) is 21.6 Å². The van der Waals surface area contributed by atoms with Crippen LogP contribution < -0.4 is 4.18 Å². The van der Waals surface area contributed by atoms with Crippen molar-refractivity contribution in [1.82, 2.24) is 4.90 Å². The summed E-state index contributed by atoms with van der Waals surface area (Å²) in [6, 6.07) is 6.95. The highest BCUT2D eigenvalue weighted by Crippen LogP contribution is 2.41. The lowest BCUT2D eigenvalue weighted by Gasteiger charge is -2.36. The summed E-state index contributed by atoms with van der Waals surface area (Å²) < 4.78 is 62.9. The van der Waals surface area contributed by atoms with Crippen LogP contribution in [0.1, 0.15) is 25.7 Å². The Morgan fingerprint density at radius 2 is 1.67 bits per heavy atom. The minimum atomic E-state index is -5.62. The van der Waals surface area contributed by atoms with Crippen LogP contribution in [-0.4, -0.2) is 43.2 Å². The molecule has 0 aliphatic carbocycles. The van der Waals surface area contributed by atoms with Crippen LogP contribution in [0.25, 0.3) is 0 Å². The molecule has 0 saturated carbocycles. The quantitative estimate of drug-likeness (QED) is 0.589. The molecule has 2 heterocycles. The lowest BCUT2D eigenvalue weighted by molar-refractivity contribution is -0.0500. The topological polar surface area (TPSA) is 46.6 Å². The highest BCUT2D eigenvalue weighted by atomic mass is 32.2. The molecule has 0 amide bonds. The Balaban J connectivity index is 1.61. The van der Waals surface area contributed by atoms with E-state index >= 15 is 0 Å². The first-order valence-corrected chi connectivity index (χ1v) is 9.94. The van der Waals surface area contributed by atoms with Crippen molar-refractivity contribution < 1.29 is 25.8 Å². The molecule has 3 rings (SSSR count). The van der Waals surface area contributed by atoms with Crippen LogP contribution in [0.3, 0.4) is 0 Å². The van der Waals surface area contributed by atoms with Gasteiger partial charge in [0.25, 0.3) is 0 Å². The molecule has 0 spiro atoms. The molecule has 0 aromatic heterocycles. The Morgan fingerprint density at radius 3 is 2.17 bits per heavy atom. The van der Waals surface area contributed by atoms with Crippen LogP contribution in [0, 0.1) is 0 Å². The predicted molar refractivity (Wildman–Crippen MR) is 85.5 cm³/mol. The second kappa shape index (κ2) is 6.42. The van der Waals surface area contributed by atoms with E-state index in [-0.39, 0.29) is 5.75 Å². The van der Waals surface area contributed by atoms with Crippen LogP contribution in [0.5, 0.6) is 5.75 Å². The molecule has 0 N–H and O–H groups in total. The summed E-state index contributed by atoms with van der Waals surface area (Å²) in [5, 5.41) is 0.476. The van der Waals surface area contributed by atoms with E-state index in [0.717, 1.165) is 17.7 Å². The van der Waals surface area contributed by atoms with Crippen LogP contribution in [-0.2, 0) is 10.1 Å². The van der Waals surface area contributed by atoms with Gasteiger partial charge in [0.15, 0.2) is 0 Å². The van der Waals surface area contributed by atoms with Crippen molar-refractivity contribution in [3.05, 3.63) is 24.3 Å². The van der Waals surface area contributed by atoms with E-state index < -0.39 is 15.6 Å². The fourth-order valence-corrected chi connectivity index (χ4v) is 5.17. The van der Waals surface area contributed by atoms with Gasteiger partial charge in [0.2, 0.25) is 0 Å². The fraction of sp³-hybridized carbons (Fsp3) is 0.600. The third-order valence-electron chi connectivity index (χ3n) is 4.67. The molecule has 2 fully saturated rings. The number of nitrogens with zero attached hydrogens (tertiary/aromatic N) is 1. The van der Waals surface area contributed by atoms with Crippen molar-refractivity contribution in [3.8, 4) is 5.75 Å². The molecule has 1 aromatic rings. The first-order chi connectivity index (χ1) is 11.2. The van der Waals surface area contributed by atoms with E-state index in [4.69, 9.17) is 0 Å². The van der Waals surface area contributed by atoms with E-state index in [0.29, 0.717) is 17.3 Å². The number of benzene rings is 1. The first kappa shape index (κ1) is 17.9. The summed E-state index contributed by atoms with van der Waals surface area (Å²) in [5.74, 6) is -0.333. The van der Waals surface area contributed by atoms with Gasteiger partial charge in [-0.25, -0.2) is 0 Å². The summed E-state index contributed by atoms with van der Waals surface area (Å²) >= 11 is 1.69. The Morgan fingerprint density at radius 1 is 1.12 bits per heavy atom. The summed E-state index contributed by atoms with van der Waals surface area (Å²) in [6.45, 7) is 0. The molecule has 2 aliphatic heterocycles. The third-order valence-corrected chi connectivity index (χ3v) is 6.91. The van der Waals surface area contributed by atoms with E-state index in [2.05, 4.69) is 16.1 Å². The van der Waals surface area contributed by atoms with Gasteiger partial charge in [-0.15, -0.1) is 11.8 Å². The van der Waals surface area contributed by atoms with Crippen LogP contribution >= 0.6 is 11.8 Å². The number of rotatable bonds is 4. The fourth-order valence-electron chi connectivity index (χ4n) is 3.40. The van der Waals surface area contributed by atoms with Gasteiger partial charge in [-0.1, -0.05) is 0 Å². The maximum Gasteiger partial charge on any atom is 0.534 e. The highest BCUT2D eigenvalue weighted by molar-refractivity contribution is 8.00. The van der Waals surface area contributed by atoms with Gasteiger partial charge in [0, 0.05) is 22.2 Å². The van der Waals surface area contributed by atoms with Gasteiger partial charge in [0.1, 0.15) is 5.75 Å². The maximum atomic E-state index is 12.3. The van der Waals surface area contributed by atoms with Crippen molar-refractivity contribution in [3.63, 3.8) is 0 Å². The number of alkyl halides is 3. The predicted octanol–water partition coefficient (Wildman–Crippen LogP) is 3.63. The Labute approximate surface area is 143 Å². The molecule has 9 heteroatoms. The molecule has 2 bridgehead atoms. The number of halogens is 3. The second-order valence-corrected chi connectivity index (χ2v) is 9.13. The number of hydrogen-bond acceptors (Lipinski definition) is 5. The number of piperidine rings is 1. The van der Waals surface area contributed by atoms with E-state index in [1.807, 2.05) is 0 Å². The zero-order valence-corrected chi connectivity index (χ0v) is 14.6. The highest BCUT2D eigenvalue weighted by Gasteiger charge is 2.48. The molecular weight excluding hydrogens is 363 g/mol. The molecule has 134 valence electrons. The van der Waals surface area contributed by atoms with Crippen molar-refractivity contribution >= 4 is 21.9 Å². The average Bonchev–Trinajstić information content (AvgIpc) is 2.71. The molecular formula is C15H18F3NO3S2. The molecule has 4 nitrogen and oxygen atoms in total. The number of fused-ring (bicyclic) bond motifs is 2. The van der Waals surface area contributed by atoms with Crippen molar-refractivity contribution in [2.45, 2.75) is 53.4 Å². The van der Waals surface area contributed by atoms with Crippen LogP contribution in [0.4, 0.5) is 13.2 Å². The lowest BCUT2D eigenvalue weighted by atomic mass is 10.0. The summed E-state index contributed by atoms with van der Waals surface area (Å²) in [6.07, 6.45) is 4.64. The first-order valence-electron chi connectivity index (χ1n) is 7.65. The molecule has 2 aliphatic rings. The molecule has 1 aromatic carbocycles. The summed E-state index contributed by atoms with van der Waals surface area (Å²) in [5.41, 5.74) is -5.42. The smallest absolute Gasteiger partial charge is 0.376 e. The third kappa shape index (κ3) is 3.67. The zero-order valence-electron chi connectivity index (χ0n) is 13.0. The van der Waals surface area contributed by atoms with Crippen molar-refractivity contribution in [1.29, 1.82) is 0 Å². The SMILES string of the molecule is CN1[C@@H]2CC[C@H]1CC(Sc1ccc(OS(=O)(=O)C(F)(F)F)cc1)C2. The van der Waals surface area contributed by atoms with Crippen LogP contribution in [0.15, 0.2) is 29.2 Å². The van der Waals surface area contributed by atoms with Gasteiger partial charge in [-0.3, -0.25) is 0 Å². The largest absolute Gasteiger partial charge is 0.534 e. The average molecular weight is 381 g/mol. The minimum Gasteiger partial charge on any atom is -0.376 e. The monoisotopic (exact) mass is 381 g/mol. The van der Waals surface area contributed by atoms with Crippen LogP contribution in [0.2, 0.25) is 0 Å². The summed E-state index contributed by atoms with van der Waals surface area (Å²) in [7, 11) is -3.45. The number of hydrogen-bond donors (Lipinski definition) is 0. The number of thioether (sulfide) groups is 1. The normalized spacial score (nSPS) is 28.1. The standard InChI is InChI=1S/C15H18F3NO3S2/c1-19-10-2-3-11(19)9-14(8-10)23-13-6-4-12(5-7-13)22-24(20,21)15(16,17)18/h4-7,10-11,14H,2-3,8-9H2,1H3/t10-,11+,14?. The van der Waals surface area contributed by atoms with E-state index in [1.165, 1.54) is 25.0 Å². The molecule has 1 unspecified atom stereocenters. The van der Waals surface area contributed by atoms with Gasteiger partial charge >= 0.3 is 15.6 Å². The van der Waals surface area contributed by atoms with Gasteiger partial charge < -0.3 is 9.08 Å². The molecule has 3 atom stereocenters. The van der Waals surface area contributed by atoms with Gasteiger partial charge in [-0.05, 0) is 57.0 Å². The minimum absolute atomic E-state index is 0.333. The van der Waals surface area contributed by atoms with Gasteiger partial charge in [0.05, 0.1) is 0 Å². The van der Waals surface area contributed by atoms with Crippen molar-refractivity contribution in [2.24, 2.45) is 0 Å². The molecule has 2 saturated heterocycles. The maximum absolute atomic E-state index is 12.3. The molecule has 0 radical (unpaired) electrons. The second-order valence-electron chi connectivity index (χ2n) is 6.22. The lowest BCUT2D eigenvalue weighted by Crippen LogP contribution is -2.40. The molecule has 24 heavy (non-hydrogen) atoms. The summed E-state index contributed by atoms with van der Waals surface area (Å²) in [4.78, 5) is 3.34. The van der Waals surface area contributed by atoms with E-state index in [1.54, 1.807) is 23.9 Å².